The number of benzene rings is 1. The molecular weight excluding hydrogens is 290 g/mol. The van der Waals surface area contributed by atoms with E-state index in [1.54, 1.807) is 12.7 Å². The smallest absolute Gasteiger partial charge is 0.300 e. The zero-order chi connectivity index (χ0) is 16.7. The van der Waals surface area contributed by atoms with Gasteiger partial charge < -0.3 is 9.84 Å². The number of fused-ring (bicyclic) bond motifs is 1. The number of carboxylic acids is 1. The highest BCUT2D eigenvalue weighted by Gasteiger charge is 2.25. The molecule has 0 bridgehead atoms. The number of piperidine rings is 1. The highest BCUT2D eigenvalue weighted by molar-refractivity contribution is 5.62. The Morgan fingerprint density at radius 1 is 1.30 bits per heavy atom. The molecule has 0 radical (unpaired) electrons. The van der Waals surface area contributed by atoms with Gasteiger partial charge in [0.25, 0.3) is 5.97 Å². The van der Waals surface area contributed by atoms with E-state index in [1.807, 2.05) is 0 Å². The van der Waals surface area contributed by atoms with Gasteiger partial charge >= 0.3 is 0 Å². The summed E-state index contributed by atoms with van der Waals surface area (Å²) in [5.74, 6) is 0.998. The van der Waals surface area contributed by atoms with Crippen LogP contribution < -0.4 is 4.74 Å². The average molecular weight is 317 g/mol. The molecule has 1 N–H and O–H groups in total. The first kappa shape index (κ1) is 17.5. The summed E-state index contributed by atoms with van der Waals surface area (Å²) < 4.78 is 5.21. The van der Waals surface area contributed by atoms with Crippen molar-refractivity contribution in [2.24, 2.45) is 5.92 Å². The van der Waals surface area contributed by atoms with Crippen LogP contribution in [0.2, 0.25) is 0 Å². The van der Waals surface area contributed by atoms with Crippen molar-refractivity contribution in [3.05, 3.63) is 41.5 Å². The van der Waals surface area contributed by atoms with Crippen molar-refractivity contribution in [1.29, 1.82) is 0 Å². The number of allylic oxidation sites excluding steroid dienone is 1. The number of carbonyl (C=O) groups is 1. The molecule has 4 nitrogen and oxygen atoms in total. The number of nitrogens with zero attached hydrogens (tertiary/aromatic N) is 1. The molecule has 0 amide bonds. The van der Waals surface area contributed by atoms with Crippen LogP contribution in [-0.2, 0) is 11.3 Å². The van der Waals surface area contributed by atoms with Crippen LogP contribution in [0.25, 0.3) is 0 Å². The van der Waals surface area contributed by atoms with Crippen LogP contribution in [0, 0.1) is 5.92 Å². The summed E-state index contributed by atoms with van der Waals surface area (Å²) in [5.41, 5.74) is 3.08. The maximum atomic E-state index is 9.00. The number of hydrogen-bond donors (Lipinski definition) is 1. The summed E-state index contributed by atoms with van der Waals surface area (Å²) in [6.07, 6.45) is 7.95. The number of likely N-dealkylation sites (tertiary alicyclic amines) is 1. The maximum Gasteiger partial charge on any atom is 0.300 e. The second-order valence-corrected chi connectivity index (χ2v) is 6.27. The van der Waals surface area contributed by atoms with E-state index in [2.05, 4.69) is 35.2 Å². The summed E-state index contributed by atoms with van der Waals surface area (Å²) >= 11 is 0. The van der Waals surface area contributed by atoms with Gasteiger partial charge in [0.15, 0.2) is 0 Å². The minimum Gasteiger partial charge on any atom is -0.497 e. The van der Waals surface area contributed by atoms with E-state index in [1.165, 1.54) is 44.3 Å². The second kappa shape index (κ2) is 8.73. The van der Waals surface area contributed by atoms with E-state index in [0.717, 1.165) is 25.1 Å². The van der Waals surface area contributed by atoms with Crippen LogP contribution in [0.15, 0.2) is 35.9 Å². The minimum atomic E-state index is -0.833. The third-order valence-electron chi connectivity index (χ3n) is 4.45. The number of carboxylic acid groups (broad SMARTS) is 1. The average Bonchev–Trinajstić information content (AvgIpc) is 2.55. The summed E-state index contributed by atoms with van der Waals surface area (Å²) in [4.78, 5) is 11.6. The maximum absolute atomic E-state index is 9.00. The van der Waals surface area contributed by atoms with E-state index in [4.69, 9.17) is 14.6 Å². The van der Waals surface area contributed by atoms with Crippen LogP contribution in [0.5, 0.6) is 5.75 Å². The van der Waals surface area contributed by atoms with Gasteiger partial charge in [0.1, 0.15) is 5.75 Å². The van der Waals surface area contributed by atoms with Crippen molar-refractivity contribution >= 4 is 5.97 Å². The Morgan fingerprint density at radius 2 is 2.00 bits per heavy atom. The van der Waals surface area contributed by atoms with Gasteiger partial charge in [-0.25, -0.2) is 0 Å². The lowest BCUT2D eigenvalue weighted by Crippen LogP contribution is -2.35. The largest absolute Gasteiger partial charge is 0.497 e. The predicted octanol–water partition coefficient (Wildman–Crippen LogP) is 3.72. The van der Waals surface area contributed by atoms with E-state index in [-0.39, 0.29) is 0 Å². The topological polar surface area (TPSA) is 49.8 Å². The molecule has 1 heterocycles. The summed E-state index contributed by atoms with van der Waals surface area (Å²) in [6, 6.07) is 8.48. The van der Waals surface area contributed by atoms with Gasteiger partial charge in [-0.05, 0) is 55.8 Å². The molecule has 1 aromatic carbocycles. The van der Waals surface area contributed by atoms with Crippen molar-refractivity contribution in [3.63, 3.8) is 0 Å². The highest BCUT2D eigenvalue weighted by atomic mass is 16.5. The number of ether oxygens (including phenoxy) is 1. The van der Waals surface area contributed by atoms with E-state index < -0.39 is 5.97 Å². The lowest BCUT2D eigenvalue weighted by Gasteiger charge is -2.36. The van der Waals surface area contributed by atoms with E-state index in [9.17, 15) is 0 Å². The highest BCUT2D eigenvalue weighted by Crippen LogP contribution is 2.32. The number of rotatable bonds is 3. The summed E-state index contributed by atoms with van der Waals surface area (Å²) in [6.45, 7) is 4.57. The van der Waals surface area contributed by atoms with Crippen molar-refractivity contribution in [1.82, 2.24) is 4.90 Å². The first-order valence-corrected chi connectivity index (χ1v) is 8.32. The van der Waals surface area contributed by atoms with Crippen molar-refractivity contribution in [2.75, 3.05) is 20.2 Å². The fraction of sp³-hybridized carbons (Fsp3) is 0.526. The monoisotopic (exact) mass is 317 g/mol. The Balaban J connectivity index is 0.000000433. The normalized spacial score (nSPS) is 20.6. The lowest BCUT2D eigenvalue weighted by atomic mass is 9.82. The Kier molecular flexibility index (Phi) is 6.66. The van der Waals surface area contributed by atoms with E-state index in [0.29, 0.717) is 0 Å². The molecule has 1 aromatic rings. The zero-order valence-corrected chi connectivity index (χ0v) is 14.1. The van der Waals surface area contributed by atoms with Gasteiger partial charge in [0.2, 0.25) is 0 Å². The molecule has 0 spiro atoms. The Hall–Kier alpha value is -1.81. The van der Waals surface area contributed by atoms with Gasteiger partial charge in [0.05, 0.1) is 7.11 Å². The minimum absolute atomic E-state index is 0.833. The summed E-state index contributed by atoms with van der Waals surface area (Å²) in [7, 11) is 1.72. The molecule has 1 saturated heterocycles. The molecule has 3 rings (SSSR count). The molecule has 1 aliphatic carbocycles. The standard InChI is InChI=1S/C17H23NO.C2H4O2/c1-19-17-8-6-14(7-9-17)12-18-11-10-15-4-2-3-5-16(15)13-18;1-2(3)4/h5-9,15H,2-4,10-13H2,1H3;1H3,(H,3,4). The number of aliphatic carboxylic acids is 1. The van der Waals surface area contributed by atoms with Crippen LogP contribution in [-0.4, -0.2) is 36.2 Å². The van der Waals surface area contributed by atoms with Gasteiger partial charge in [-0.3, -0.25) is 9.69 Å². The molecule has 1 atom stereocenters. The van der Waals surface area contributed by atoms with Crippen molar-refractivity contribution < 1.29 is 14.6 Å². The fourth-order valence-electron chi connectivity index (χ4n) is 3.33. The Labute approximate surface area is 138 Å². The Bertz CT molecular complexity index is 532. The molecule has 0 saturated carbocycles. The third kappa shape index (κ3) is 5.71. The first-order chi connectivity index (χ1) is 11.1. The summed E-state index contributed by atoms with van der Waals surface area (Å²) in [5, 5.41) is 7.42. The molecular formula is C19H27NO3. The van der Waals surface area contributed by atoms with Gasteiger partial charge in [-0.1, -0.05) is 23.8 Å². The number of methoxy groups -OCH3 is 1. The van der Waals surface area contributed by atoms with Crippen molar-refractivity contribution in [3.8, 4) is 5.75 Å². The molecule has 1 fully saturated rings. The van der Waals surface area contributed by atoms with Crippen LogP contribution >= 0.6 is 0 Å². The zero-order valence-electron chi connectivity index (χ0n) is 14.1. The Morgan fingerprint density at radius 3 is 2.65 bits per heavy atom. The third-order valence-corrected chi connectivity index (χ3v) is 4.45. The fourth-order valence-corrected chi connectivity index (χ4v) is 3.33. The second-order valence-electron chi connectivity index (χ2n) is 6.27. The quantitative estimate of drug-likeness (QED) is 0.863. The molecule has 23 heavy (non-hydrogen) atoms. The first-order valence-electron chi connectivity index (χ1n) is 8.32. The van der Waals surface area contributed by atoms with Crippen LogP contribution in [0.4, 0.5) is 0 Å². The predicted molar refractivity (Wildman–Crippen MR) is 91.6 cm³/mol. The lowest BCUT2D eigenvalue weighted by molar-refractivity contribution is -0.134. The van der Waals surface area contributed by atoms with Crippen LogP contribution in [0.1, 0.15) is 38.2 Å². The molecule has 126 valence electrons. The molecule has 2 aliphatic rings. The van der Waals surface area contributed by atoms with E-state index >= 15 is 0 Å². The van der Waals surface area contributed by atoms with Gasteiger partial charge in [0, 0.05) is 20.0 Å². The van der Waals surface area contributed by atoms with Crippen molar-refractivity contribution in [2.45, 2.75) is 39.2 Å². The van der Waals surface area contributed by atoms with Crippen LogP contribution in [0.3, 0.4) is 0 Å². The number of hydrogen-bond acceptors (Lipinski definition) is 3. The SMILES string of the molecule is CC(=O)O.COc1ccc(CN2CCC3CCCC=C3C2)cc1. The van der Waals surface area contributed by atoms with Gasteiger partial charge in [-0.15, -0.1) is 0 Å². The molecule has 1 unspecified atom stereocenters. The molecule has 1 aliphatic heterocycles. The molecule has 0 aromatic heterocycles. The molecule has 4 heteroatoms. The van der Waals surface area contributed by atoms with Gasteiger partial charge in [-0.2, -0.15) is 0 Å².